The number of sulfonamides is 1. The number of fused-ring (bicyclic) bond motifs is 1. The molecule has 0 aromatic heterocycles. The van der Waals surface area contributed by atoms with E-state index in [1.165, 1.54) is 25.2 Å². The van der Waals surface area contributed by atoms with Crippen molar-refractivity contribution in [1.29, 1.82) is 0 Å². The van der Waals surface area contributed by atoms with E-state index in [2.05, 4.69) is 15.4 Å². The lowest BCUT2D eigenvalue weighted by atomic mass is 10.1. The molecule has 0 fully saturated rings. The highest BCUT2D eigenvalue weighted by molar-refractivity contribution is 7.88. The minimum absolute atomic E-state index is 0.0323. The quantitative estimate of drug-likeness (QED) is 0.461. The van der Waals surface area contributed by atoms with E-state index in [0.717, 1.165) is 4.90 Å². The van der Waals surface area contributed by atoms with Gasteiger partial charge in [-0.15, -0.1) is 0 Å². The molecule has 0 radical (unpaired) electrons. The zero-order valence-electron chi connectivity index (χ0n) is 15.6. The standard InChI is InChI=1S/C19H20N4O5S/c1-23-17(24)15-8-7-14(11-16(15)18(23)25)22-19(26)20-9-10-21-29(27,28)12-13-5-3-2-4-6-13/h2-8,11,21H,9-10,12H2,1H3,(H2,20,22,26). The molecule has 3 N–H and O–H groups in total. The number of urea groups is 1. The smallest absolute Gasteiger partial charge is 0.319 e. The maximum absolute atomic E-state index is 12.0. The van der Waals surface area contributed by atoms with Gasteiger partial charge in [0.05, 0.1) is 16.9 Å². The maximum Gasteiger partial charge on any atom is 0.319 e. The summed E-state index contributed by atoms with van der Waals surface area (Å²) in [5.41, 5.74) is 1.53. The maximum atomic E-state index is 12.0. The number of imide groups is 1. The van der Waals surface area contributed by atoms with Crippen molar-refractivity contribution in [2.24, 2.45) is 0 Å². The molecule has 0 saturated carbocycles. The largest absolute Gasteiger partial charge is 0.337 e. The topological polar surface area (TPSA) is 125 Å². The highest BCUT2D eigenvalue weighted by Gasteiger charge is 2.32. The summed E-state index contributed by atoms with van der Waals surface area (Å²) in [7, 11) is -2.12. The monoisotopic (exact) mass is 416 g/mol. The Labute approximate surface area is 168 Å². The zero-order chi connectivity index (χ0) is 21.0. The molecule has 0 unspecified atom stereocenters. The van der Waals surface area contributed by atoms with Crippen LogP contribution in [-0.2, 0) is 15.8 Å². The summed E-state index contributed by atoms with van der Waals surface area (Å²) in [6.45, 7) is 0.107. The Morgan fingerprint density at radius 1 is 0.966 bits per heavy atom. The third-order valence-electron chi connectivity index (χ3n) is 4.28. The molecule has 4 amide bonds. The molecule has 10 heteroatoms. The number of hydrogen-bond donors (Lipinski definition) is 3. The van der Waals surface area contributed by atoms with E-state index in [9.17, 15) is 22.8 Å². The van der Waals surface area contributed by atoms with Crippen LogP contribution < -0.4 is 15.4 Å². The Morgan fingerprint density at radius 2 is 1.66 bits per heavy atom. The second-order valence-corrected chi connectivity index (χ2v) is 8.26. The Balaban J connectivity index is 1.46. The number of nitrogens with zero attached hydrogens (tertiary/aromatic N) is 1. The lowest BCUT2D eigenvalue weighted by Crippen LogP contribution is -2.37. The molecule has 152 valence electrons. The first-order valence-corrected chi connectivity index (χ1v) is 10.4. The molecule has 0 atom stereocenters. The van der Waals surface area contributed by atoms with Gasteiger partial charge in [-0.05, 0) is 23.8 Å². The molecule has 3 rings (SSSR count). The first-order valence-electron chi connectivity index (χ1n) is 8.79. The second-order valence-electron chi connectivity index (χ2n) is 6.45. The van der Waals surface area contributed by atoms with E-state index >= 15 is 0 Å². The Bertz CT molecular complexity index is 1050. The number of rotatable bonds is 7. The van der Waals surface area contributed by atoms with Crippen LogP contribution in [0, 0.1) is 0 Å². The van der Waals surface area contributed by atoms with Crippen molar-refractivity contribution in [3.8, 4) is 0 Å². The fourth-order valence-electron chi connectivity index (χ4n) is 2.84. The van der Waals surface area contributed by atoms with E-state index in [0.29, 0.717) is 11.3 Å². The lowest BCUT2D eigenvalue weighted by molar-refractivity contribution is 0.0693. The summed E-state index contributed by atoms with van der Waals surface area (Å²) in [4.78, 5) is 36.8. The van der Waals surface area contributed by atoms with Gasteiger partial charge in [0.15, 0.2) is 0 Å². The fourth-order valence-corrected chi connectivity index (χ4v) is 3.99. The number of benzene rings is 2. The predicted octanol–water partition coefficient (Wildman–Crippen LogP) is 1.15. The number of hydrogen-bond acceptors (Lipinski definition) is 5. The third kappa shape index (κ3) is 4.98. The summed E-state index contributed by atoms with van der Waals surface area (Å²) >= 11 is 0. The summed E-state index contributed by atoms with van der Waals surface area (Å²) < 4.78 is 26.5. The number of nitrogens with one attached hydrogen (secondary N) is 3. The summed E-state index contributed by atoms with van der Waals surface area (Å²) in [6, 6.07) is 12.6. The van der Waals surface area contributed by atoms with E-state index < -0.39 is 22.0 Å². The van der Waals surface area contributed by atoms with Crippen molar-refractivity contribution in [1.82, 2.24) is 14.9 Å². The minimum atomic E-state index is -3.51. The van der Waals surface area contributed by atoms with Gasteiger partial charge in [0.25, 0.3) is 11.8 Å². The number of carbonyl (C=O) groups is 3. The second kappa shape index (κ2) is 8.41. The highest BCUT2D eigenvalue weighted by Crippen LogP contribution is 2.24. The van der Waals surface area contributed by atoms with Crippen LogP contribution in [0.15, 0.2) is 48.5 Å². The molecule has 1 aliphatic heterocycles. The average molecular weight is 416 g/mol. The Hall–Kier alpha value is -3.24. The van der Waals surface area contributed by atoms with Crippen molar-refractivity contribution in [2.45, 2.75) is 5.75 Å². The molecular weight excluding hydrogens is 396 g/mol. The van der Waals surface area contributed by atoms with Gasteiger partial charge in [0.2, 0.25) is 10.0 Å². The van der Waals surface area contributed by atoms with Gasteiger partial charge < -0.3 is 10.6 Å². The van der Waals surface area contributed by atoms with E-state index in [4.69, 9.17) is 0 Å². The molecular formula is C19H20N4O5S. The molecule has 1 heterocycles. The van der Waals surface area contributed by atoms with Crippen molar-refractivity contribution in [3.05, 3.63) is 65.2 Å². The van der Waals surface area contributed by atoms with E-state index in [1.807, 2.05) is 0 Å². The van der Waals surface area contributed by atoms with Gasteiger partial charge >= 0.3 is 6.03 Å². The van der Waals surface area contributed by atoms with Crippen molar-refractivity contribution < 1.29 is 22.8 Å². The lowest BCUT2D eigenvalue weighted by Gasteiger charge is -2.10. The molecule has 1 aliphatic rings. The van der Waals surface area contributed by atoms with E-state index in [1.54, 1.807) is 30.3 Å². The van der Waals surface area contributed by atoms with Crippen LogP contribution in [0.25, 0.3) is 0 Å². The molecule has 0 saturated heterocycles. The molecule has 2 aromatic rings. The minimum Gasteiger partial charge on any atom is -0.337 e. The third-order valence-corrected chi connectivity index (χ3v) is 5.64. The number of anilines is 1. The molecule has 0 spiro atoms. The van der Waals surface area contributed by atoms with E-state index in [-0.39, 0.29) is 35.9 Å². The van der Waals surface area contributed by atoms with Crippen LogP contribution in [0.1, 0.15) is 26.3 Å². The van der Waals surface area contributed by atoms with Gasteiger partial charge in [-0.2, -0.15) is 0 Å². The average Bonchev–Trinajstić information content (AvgIpc) is 2.90. The molecule has 29 heavy (non-hydrogen) atoms. The van der Waals surface area contributed by atoms with Crippen LogP contribution in [0.5, 0.6) is 0 Å². The van der Waals surface area contributed by atoms with Crippen LogP contribution in [0.3, 0.4) is 0 Å². The predicted molar refractivity (Wildman–Crippen MR) is 107 cm³/mol. The van der Waals surface area contributed by atoms with Crippen LogP contribution in [-0.4, -0.2) is 51.3 Å². The Morgan fingerprint density at radius 3 is 2.38 bits per heavy atom. The molecule has 9 nitrogen and oxygen atoms in total. The van der Waals surface area contributed by atoms with Gasteiger partial charge in [-0.1, -0.05) is 30.3 Å². The first-order chi connectivity index (χ1) is 13.8. The SMILES string of the molecule is CN1C(=O)c2ccc(NC(=O)NCCNS(=O)(=O)Cc3ccccc3)cc2C1=O. The van der Waals surface area contributed by atoms with Crippen molar-refractivity contribution in [3.63, 3.8) is 0 Å². The number of amides is 4. The van der Waals surface area contributed by atoms with Crippen LogP contribution >= 0.6 is 0 Å². The number of carbonyl (C=O) groups excluding carboxylic acids is 3. The molecule has 2 aromatic carbocycles. The van der Waals surface area contributed by atoms with Crippen LogP contribution in [0.2, 0.25) is 0 Å². The summed E-state index contributed by atoms with van der Waals surface area (Å²) in [5.74, 6) is -0.957. The summed E-state index contributed by atoms with van der Waals surface area (Å²) in [5, 5.41) is 5.07. The zero-order valence-corrected chi connectivity index (χ0v) is 16.5. The van der Waals surface area contributed by atoms with Gasteiger partial charge in [0, 0.05) is 25.8 Å². The van der Waals surface area contributed by atoms with Crippen molar-refractivity contribution in [2.75, 3.05) is 25.5 Å². The molecule has 0 bridgehead atoms. The normalized spacial score (nSPS) is 13.3. The fraction of sp³-hybridized carbons (Fsp3) is 0.211. The van der Waals surface area contributed by atoms with Crippen LogP contribution in [0.4, 0.5) is 10.5 Å². The van der Waals surface area contributed by atoms with Gasteiger partial charge in [-0.25, -0.2) is 17.9 Å². The Kier molecular flexibility index (Phi) is 5.95. The van der Waals surface area contributed by atoms with Crippen molar-refractivity contribution >= 4 is 33.6 Å². The highest BCUT2D eigenvalue weighted by atomic mass is 32.2. The first kappa shape index (κ1) is 20.5. The summed E-state index contributed by atoms with van der Waals surface area (Å²) in [6.07, 6.45) is 0. The van der Waals surface area contributed by atoms with Gasteiger partial charge in [-0.3, -0.25) is 14.5 Å². The molecule has 0 aliphatic carbocycles. The van der Waals surface area contributed by atoms with Gasteiger partial charge in [0.1, 0.15) is 0 Å².